The van der Waals surface area contributed by atoms with Crippen molar-refractivity contribution < 1.29 is 0 Å². The van der Waals surface area contributed by atoms with Gasteiger partial charge in [0.05, 0.1) is 12.1 Å². The van der Waals surface area contributed by atoms with Crippen LogP contribution >= 0.6 is 22.9 Å². The molecule has 2 nitrogen and oxygen atoms in total. The van der Waals surface area contributed by atoms with Gasteiger partial charge in [-0.1, -0.05) is 41.4 Å². The third-order valence-electron chi connectivity index (χ3n) is 4.29. The van der Waals surface area contributed by atoms with Crippen molar-refractivity contribution in [2.75, 3.05) is 6.54 Å². The number of aryl methyl sites for hydroxylation is 1. The quantitative estimate of drug-likeness (QED) is 0.631. The van der Waals surface area contributed by atoms with Crippen molar-refractivity contribution in [3.63, 3.8) is 0 Å². The Morgan fingerprint density at radius 2 is 1.88 bits per heavy atom. The fraction of sp³-hybridized carbons (Fsp3) is 0.250. The molecule has 0 radical (unpaired) electrons. The van der Waals surface area contributed by atoms with Gasteiger partial charge in [-0.15, -0.1) is 11.3 Å². The van der Waals surface area contributed by atoms with Gasteiger partial charge < -0.3 is 5.32 Å². The molecule has 4 rings (SSSR count). The lowest BCUT2D eigenvalue weighted by Crippen LogP contribution is -2.39. The summed E-state index contributed by atoms with van der Waals surface area (Å²) >= 11 is 8.07. The van der Waals surface area contributed by atoms with Crippen LogP contribution in [0.1, 0.15) is 25.0 Å². The van der Waals surface area contributed by atoms with Crippen LogP contribution in [0.15, 0.2) is 47.5 Å². The van der Waals surface area contributed by atoms with Crippen molar-refractivity contribution in [1.82, 2.24) is 5.32 Å². The third kappa shape index (κ3) is 2.72. The fourth-order valence-corrected chi connectivity index (χ4v) is 4.39. The molecule has 122 valence electrons. The van der Waals surface area contributed by atoms with E-state index in [-0.39, 0.29) is 5.54 Å². The second-order valence-electron chi connectivity index (χ2n) is 6.99. The number of hydrogen-bond acceptors (Lipinski definition) is 3. The first-order valence-corrected chi connectivity index (χ1v) is 9.24. The molecular weight excluding hydrogens is 336 g/mol. The molecule has 0 unspecified atom stereocenters. The van der Waals surface area contributed by atoms with Crippen molar-refractivity contribution >= 4 is 38.9 Å². The van der Waals surface area contributed by atoms with Crippen molar-refractivity contribution in [2.24, 2.45) is 4.99 Å². The van der Waals surface area contributed by atoms with Gasteiger partial charge in [-0.2, -0.15) is 0 Å². The van der Waals surface area contributed by atoms with Crippen LogP contribution in [-0.4, -0.2) is 17.9 Å². The van der Waals surface area contributed by atoms with E-state index in [2.05, 4.69) is 62.5 Å². The predicted molar refractivity (Wildman–Crippen MR) is 106 cm³/mol. The van der Waals surface area contributed by atoms with Crippen LogP contribution in [0.4, 0.5) is 0 Å². The van der Waals surface area contributed by atoms with Gasteiger partial charge >= 0.3 is 0 Å². The zero-order valence-corrected chi connectivity index (χ0v) is 15.6. The Morgan fingerprint density at radius 3 is 2.54 bits per heavy atom. The molecule has 4 heteroatoms. The number of benzene rings is 2. The molecule has 0 fully saturated rings. The summed E-state index contributed by atoms with van der Waals surface area (Å²) in [4.78, 5) is 6.03. The van der Waals surface area contributed by atoms with E-state index in [1.165, 1.54) is 31.7 Å². The Hall–Kier alpha value is -1.84. The molecule has 0 saturated heterocycles. The minimum absolute atomic E-state index is 0.00723. The molecule has 0 aliphatic carbocycles. The smallest absolute Gasteiger partial charge is 0.130 e. The maximum atomic E-state index is 6.27. The Kier molecular flexibility index (Phi) is 3.66. The highest BCUT2D eigenvalue weighted by Gasteiger charge is 2.29. The highest BCUT2D eigenvalue weighted by molar-refractivity contribution is 7.22. The molecule has 24 heavy (non-hydrogen) atoms. The minimum Gasteiger partial charge on any atom is -0.363 e. The zero-order valence-electron chi connectivity index (χ0n) is 14.0. The molecule has 2 heterocycles. The summed E-state index contributed by atoms with van der Waals surface area (Å²) in [7, 11) is 0. The lowest BCUT2D eigenvalue weighted by Gasteiger charge is -2.18. The molecule has 0 spiro atoms. The molecule has 1 aromatic heterocycles. The topological polar surface area (TPSA) is 24.4 Å². The molecule has 0 amide bonds. The van der Waals surface area contributed by atoms with E-state index in [4.69, 9.17) is 16.6 Å². The van der Waals surface area contributed by atoms with Crippen LogP contribution in [0.3, 0.4) is 0 Å². The molecule has 0 bridgehead atoms. The van der Waals surface area contributed by atoms with Gasteiger partial charge in [-0.05, 0) is 44.5 Å². The van der Waals surface area contributed by atoms with E-state index in [1.807, 2.05) is 6.07 Å². The normalized spacial score (nSPS) is 16.2. The number of nitrogens with zero attached hydrogens (tertiary/aromatic N) is 1. The lowest BCUT2D eigenvalue weighted by molar-refractivity contribution is 0.506. The Balaban J connectivity index is 1.96. The van der Waals surface area contributed by atoms with Crippen molar-refractivity contribution in [3.8, 4) is 10.4 Å². The second-order valence-corrected chi connectivity index (χ2v) is 8.48. The van der Waals surface area contributed by atoms with Crippen LogP contribution in [0.5, 0.6) is 0 Å². The number of fused-ring (bicyclic) bond motifs is 1. The summed E-state index contributed by atoms with van der Waals surface area (Å²) in [6.07, 6.45) is 0. The minimum atomic E-state index is -0.00723. The number of halogens is 1. The zero-order chi connectivity index (χ0) is 16.9. The summed E-state index contributed by atoms with van der Waals surface area (Å²) in [5.41, 5.74) is 3.66. The first-order chi connectivity index (χ1) is 11.4. The molecular formula is C20H19ClN2S. The third-order valence-corrected chi connectivity index (χ3v) is 5.74. The van der Waals surface area contributed by atoms with Crippen molar-refractivity contribution in [2.45, 2.75) is 26.3 Å². The predicted octanol–water partition coefficient (Wildman–Crippen LogP) is 5.66. The van der Waals surface area contributed by atoms with Crippen molar-refractivity contribution in [1.29, 1.82) is 0 Å². The lowest BCUT2D eigenvalue weighted by atomic mass is 10.0. The number of nitrogens with one attached hydrogen (secondary N) is 1. The van der Waals surface area contributed by atoms with Crippen LogP contribution in [0.2, 0.25) is 5.02 Å². The van der Waals surface area contributed by atoms with Crippen LogP contribution in [0, 0.1) is 6.92 Å². The van der Waals surface area contributed by atoms with Gasteiger partial charge in [0.15, 0.2) is 0 Å². The van der Waals surface area contributed by atoms with E-state index >= 15 is 0 Å². The number of amidine groups is 1. The largest absolute Gasteiger partial charge is 0.363 e. The Labute approximate surface area is 151 Å². The maximum Gasteiger partial charge on any atom is 0.130 e. The van der Waals surface area contributed by atoms with Gasteiger partial charge in [-0.25, -0.2) is 0 Å². The van der Waals surface area contributed by atoms with Gasteiger partial charge in [0.1, 0.15) is 5.84 Å². The van der Waals surface area contributed by atoms with Gasteiger partial charge in [0, 0.05) is 25.5 Å². The summed E-state index contributed by atoms with van der Waals surface area (Å²) in [6.45, 7) is 7.25. The van der Waals surface area contributed by atoms with Gasteiger partial charge in [0.2, 0.25) is 0 Å². The Morgan fingerprint density at radius 1 is 1.12 bits per heavy atom. The fourth-order valence-electron chi connectivity index (χ4n) is 3.03. The summed E-state index contributed by atoms with van der Waals surface area (Å²) in [5.74, 6) is 0.976. The van der Waals surface area contributed by atoms with E-state index in [1.54, 1.807) is 11.3 Å². The number of rotatable bonds is 2. The van der Waals surface area contributed by atoms with E-state index < -0.39 is 0 Å². The van der Waals surface area contributed by atoms with E-state index in [0.29, 0.717) is 0 Å². The van der Waals surface area contributed by atoms with E-state index in [0.717, 1.165) is 17.4 Å². The van der Waals surface area contributed by atoms with Gasteiger partial charge in [-0.3, -0.25) is 4.99 Å². The molecule has 2 aromatic carbocycles. The average Bonchev–Trinajstić information content (AvgIpc) is 3.07. The molecule has 0 saturated carbocycles. The average molecular weight is 355 g/mol. The highest BCUT2D eigenvalue weighted by Crippen LogP contribution is 2.40. The summed E-state index contributed by atoms with van der Waals surface area (Å²) in [6, 6.07) is 14.8. The summed E-state index contributed by atoms with van der Waals surface area (Å²) in [5, 5.41) is 5.51. The molecule has 1 aliphatic heterocycles. The summed E-state index contributed by atoms with van der Waals surface area (Å²) < 4.78 is 1.24. The van der Waals surface area contributed by atoms with Gasteiger partial charge in [0.25, 0.3) is 0 Å². The number of hydrogen-bond donors (Lipinski definition) is 1. The molecule has 1 N–H and O–H groups in total. The number of aliphatic imine (C=N–C) groups is 1. The first kappa shape index (κ1) is 15.7. The maximum absolute atomic E-state index is 6.27. The van der Waals surface area contributed by atoms with Crippen LogP contribution in [-0.2, 0) is 0 Å². The van der Waals surface area contributed by atoms with Crippen molar-refractivity contribution in [3.05, 3.63) is 58.6 Å². The van der Waals surface area contributed by atoms with Crippen LogP contribution < -0.4 is 5.32 Å². The first-order valence-electron chi connectivity index (χ1n) is 8.05. The Bertz CT molecular complexity index is 952. The highest BCUT2D eigenvalue weighted by atomic mass is 35.5. The molecule has 0 atom stereocenters. The monoisotopic (exact) mass is 354 g/mol. The standard InChI is InChI=1S/C20H19ClN2S/c1-12-4-6-13(7-5-12)18-17(19-22-11-20(2,3)23-19)15-10-14(21)8-9-16(15)24-18/h4-10H,11H2,1-3H3,(H,22,23). The number of thiophene rings is 1. The van der Waals surface area contributed by atoms with E-state index in [9.17, 15) is 0 Å². The van der Waals surface area contributed by atoms with Crippen LogP contribution in [0.25, 0.3) is 20.5 Å². The molecule has 3 aromatic rings. The SMILES string of the molecule is Cc1ccc(-c2sc3ccc(Cl)cc3c2C2=NCC(C)(C)N2)cc1. The second kappa shape index (κ2) is 5.61. The molecule has 1 aliphatic rings.